The number of aliphatic hydroxyl groups is 3. The van der Waals surface area contributed by atoms with E-state index in [4.69, 9.17) is 24.9 Å². The summed E-state index contributed by atoms with van der Waals surface area (Å²) in [5.74, 6) is -9.47. The Morgan fingerprint density at radius 2 is 1.56 bits per heavy atom. The van der Waals surface area contributed by atoms with Gasteiger partial charge in [0.15, 0.2) is 17.9 Å². The SMILES string of the molecule is CC[C@@]1(O)C(=O)OCc2c1cc1n(c2=O)Cc2c-1nc1cc(F)c(C)c3c1c2[C@@H](NC(=O)COCNC(=O)[C@H](CCCNC(N)=O)NC(=O)[C@@H](NC(=O)[C@H](CCC(=O)NC1O[C@H](C(=O)O)[C@@H](O)[C@H]1O)NC(=O)CCCCCN1C(=O)C=CC1=O)C(C)C)CC3. The number of aromatic nitrogens is 2. The molecule has 3 aromatic rings. The number of pyridine rings is 2. The van der Waals surface area contributed by atoms with E-state index >= 15 is 4.39 Å². The number of rotatable bonds is 28. The Balaban J connectivity index is 0.910. The van der Waals surface area contributed by atoms with Gasteiger partial charge in [0.2, 0.25) is 35.4 Å². The van der Waals surface area contributed by atoms with E-state index in [1.54, 1.807) is 27.7 Å². The summed E-state index contributed by atoms with van der Waals surface area (Å²) >= 11 is 0. The summed E-state index contributed by atoms with van der Waals surface area (Å²) < 4.78 is 32.9. The molecule has 89 heavy (non-hydrogen) atoms. The monoisotopic (exact) mass is 1250 g/mol. The smallest absolute Gasteiger partial charge is 0.343 e. The lowest BCUT2D eigenvalue weighted by Gasteiger charge is -2.31. The number of carboxylic acid groups (broad SMARTS) is 1. The topological polar surface area (TPSA) is 445 Å². The first-order valence-corrected chi connectivity index (χ1v) is 29.2. The van der Waals surface area contributed by atoms with E-state index in [-0.39, 0.29) is 80.7 Å². The highest BCUT2D eigenvalue weighted by atomic mass is 19.1. The first-order valence-electron chi connectivity index (χ1n) is 29.2. The Labute approximate surface area is 507 Å². The molecule has 2 aromatic heterocycles. The summed E-state index contributed by atoms with van der Waals surface area (Å²) in [6.45, 7) is 4.89. The number of aliphatic hydroxyl groups excluding tert-OH is 2. The van der Waals surface area contributed by atoms with Crippen molar-refractivity contribution >= 4 is 76.1 Å². The van der Waals surface area contributed by atoms with Crippen molar-refractivity contribution in [3.63, 3.8) is 0 Å². The Bertz CT molecular complexity index is 3450. The molecule has 1 aliphatic carbocycles. The van der Waals surface area contributed by atoms with Gasteiger partial charge in [-0.2, -0.15) is 0 Å². The lowest BCUT2D eigenvalue weighted by Crippen LogP contribution is -2.58. The van der Waals surface area contributed by atoms with Crippen LogP contribution in [0.5, 0.6) is 0 Å². The number of aliphatic carboxylic acids is 1. The predicted molar refractivity (Wildman–Crippen MR) is 305 cm³/mol. The van der Waals surface area contributed by atoms with Crippen LogP contribution in [0.1, 0.15) is 124 Å². The van der Waals surface area contributed by atoms with Crippen molar-refractivity contribution in [2.75, 3.05) is 26.4 Å². The lowest BCUT2D eigenvalue weighted by atomic mass is 9.81. The van der Waals surface area contributed by atoms with E-state index < -0.39 is 163 Å². The molecule has 0 bridgehead atoms. The van der Waals surface area contributed by atoms with Crippen molar-refractivity contribution in [1.82, 2.24) is 51.7 Å². The molecule has 31 heteroatoms. The number of primary amides is 1. The van der Waals surface area contributed by atoms with Crippen LogP contribution >= 0.6 is 0 Å². The van der Waals surface area contributed by atoms with Gasteiger partial charge in [0.25, 0.3) is 17.4 Å². The number of carbonyl (C=O) groups excluding carboxylic acids is 10. The Morgan fingerprint density at radius 3 is 2.24 bits per heavy atom. The summed E-state index contributed by atoms with van der Waals surface area (Å²) in [5, 5.41) is 59.6. The van der Waals surface area contributed by atoms with E-state index in [1.807, 2.05) is 0 Å². The number of nitrogens with two attached hydrogens (primary N) is 1. The van der Waals surface area contributed by atoms with Crippen molar-refractivity contribution in [2.24, 2.45) is 11.7 Å². The molecule has 30 nitrogen and oxygen atoms in total. The van der Waals surface area contributed by atoms with Crippen LogP contribution in [-0.4, -0.2) is 169 Å². The summed E-state index contributed by atoms with van der Waals surface area (Å²) in [6, 6.07) is -3.05. The maximum absolute atomic E-state index is 15.5. The van der Waals surface area contributed by atoms with Gasteiger partial charge in [-0.05, 0) is 87.0 Å². The van der Waals surface area contributed by atoms with Gasteiger partial charge in [-0.1, -0.05) is 27.2 Å². The number of hydrogen-bond donors (Lipinski definition) is 12. The standard InChI is InChI=1S/C58H72FN11O19/c1-5-58(86)31-20-37-46-29(22-70(37)54(81)30(31)23-88-56(58)84)44-33(13-12-28-27(4)32(59)21-36(65-46)43(28)44)63-40(73)24-87-25-62-50(78)34(10-9-18-61-57(60)85)66-52(80)45(26(2)3)68-51(79)35(14-15-39(72)67-53-48(77)47(76)49(89-53)55(82)83)64-38(71)11-7-6-8-19-69-41(74)16-17-42(69)75/h16-17,20-21,26,33-35,45,47-49,53,76-77,86H,5-15,18-19,22-25H2,1-4H3,(H,62,78)(H,63,73)(H,64,71)(H,66,80)(H,67,72)(H,68,79)(H,82,83)(H3,60,61,85)/t33-,34-,35-,45-,47-,48+,49-,53?,58-/m0/s1. The van der Waals surface area contributed by atoms with Crippen LogP contribution in [0.15, 0.2) is 29.1 Å². The number of nitrogens with one attached hydrogen (secondary N) is 7. The molecule has 0 spiro atoms. The summed E-state index contributed by atoms with van der Waals surface area (Å²) in [4.78, 5) is 162. The van der Waals surface area contributed by atoms with Crippen LogP contribution in [0.2, 0.25) is 0 Å². The molecule has 1 unspecified atom stereocenters. The van der Waals surface area contributed by atoms with E-state index in [0.29, 0.717) is 59.0 Å². The maximum Gasteiger partial charge on any atom is 0.343 e. The van der Waals surface area contributed by atoms with Gasteiger partial charge in [-0.25, -0.2) is 23.8 Å². The number of esters is 1. The van der Waals surface area contributed by atoms with Crippen molar-refractivity contribution in [1.29, 1.82) is 0 Å². The minimum Gasteiger partial charge on any atom is -0.479 e. The van der Waals surface area contributed by atoms with E-state index in [0.717, 1.165) is 17.1 Å². The average molecular weight is 1250 g/mol. The highest BCUT2D eigenvalue weighted by Gasteiger charge is 2.48. The number of nitrogens with zero attached hydrogens (tertiary/aromatic N) is 3. The fraction of sp³-hybridized carbons (Fsp3) is 0.534. The van der Waals surface area contributed by atoms with E-state index in [1.165, 1.54) is 16.7 Å². The molecule has 0 radical (unpaired) electrons. The number of ether oxygens (including phenoxy) is 3. The van der Waals surface area contributed by atoms with Gasteiger partial charge in [-0.3, -0.25) is 48.1 Å². The summed E-state index contributed by atoms with van der Waals surface area (Å²) in [5.41, 5.74) is 5.85. The summed E-state index contributed by atoms with van der Waals surface area (Å²) in [6.07, 6.45) is -4.55. The molecule has 480 valence electrons. The molecule has 1 saturated heterocycles. The largest absolute Gasteiger partial charge is 0.479 e. The quantitative estimate of drug-likeness (QED) is 0.0129. The van der Waals surface area contributed by atoms with Gasteiger partial charge in [0, 0.05) is 60.7 Å². The van der Waals surface area contributed by atoms with E-state index in [9.17, 15) is 78.0 Å². The van der Waals surface area contributed by atoms with Crippen molar-refractivity contribution in [3.05, 3.63) is 73.8 Å². The number of imide groups is 1. The zero-order valence-corrected chi connectivity index (χ0v) is 49.2. The molecule has 6 heterocycles. The molecule has 1 aromatic carbocycles. The second-order valence-electron chi connectivity index (χ2n) is 22.7. The number of urea groups is 1. The first kappa shape index (κ1) is 66.2. The van der Waals surface area contributed by atoms with Crippen molar-refractivity contribution in [2.45, 2.75) is 166 Å². The number of carbonyl (C=O) groups is 11. The molecule has 10 amide bonds. The minimum absolute atomic E-state index is 0.00725. The fourth-order valence-corrected chi connectivity index (χ4v) is 11.6. The van der Waals surface area contributed by atoms with Crippen LogP contribution in [0, 0.1) is 18.7 Å². The highest BCUT2D eigenvalue weighted by molar-refractivity contribution is 6.12. The Kier molecular flexibility index (Phi) is 20.9. The number of aryl methyl sites for hydroxylation is 1. The number of halogens is 1. The van der Waals surface area contributed by atoms with Crippen LogP contribution in [0.3, 0.4) is 0 Å². The zero-order valence-electron chi connectivity index (χ0n) is 49.2. The van der Waals surface area contributed by atoms with Crippen molar-refractivity contribution in [3.8, 4) is 11.4 Å². The van der Waals surface area contributed by atoms with Crippen LogP contribution < -0.4 is 48.5 Å². The number of fused-ring (bicyclic) bond motifs is 5. The van der Waals surface area contributed by atoms with Crippen LogP contribution in [-0.2, 0) is 87.3 Å². The predicted octanol–water partition coefficient (Wildman–Crippen LogP) is -1.81. The Morgan fingerprint density at radius 1 is 0.843 bits per heavy atom. The third kappa shape index (κ3) is 14.5. The fourth-order valence-electron chi connectivity index (χ4n) is 11.6. The number of cyclic esters (lactones) is 1. The van der Waals surface area contributed by atoms with Gasteiger partial charge < -0.3 is 82.2 Å². The van der Waals surface area contributed by atoms with Gasteiger partial charge in [0.1, 0.15) is 56.1 Å². The first-order chi connectivity index (χ1) is 42.2. The average Bonchev–Trinajstić information content (AvgIpc) is 1.67. The van der Waals surface area contributed by atoms with E-state index in [2.05, 4.69) is 37.2 Å². The van der Waals surface area contributed by atoms with Gasteiger partial charge in [0.05, 0.1) is 35.1 Å². The third-order valence-electron chi connectivity index (χ3n) is 16.5. The molecule has 5 aliphatic rings. The molecule has 8 rings (SSSR count). The normalized spacial score (nSPS) is 21.5. The second kappa shape index (κ2) is 28.1. The zero-order chi connectivity index (χ0) is 64.8. The number of unbranched alkanes of at least 4 members (excludes halogenated alkanes) is 2. The molecule has 13 N–H and O–H groups in total. The molecule has 9 atom stereocenters. The van der Waals surface area contributed by atoms with Gasteiger partial charge >= 0.3 is 18.0 Å². The number of carboxylic acids is 1. The molecule has 4 aliphatic heterocycles. The molecular formula is C58H72FN11O19. The Hall–Kier alpha value is -8.78. The van der Waals surface area contributed by atoms with Gasteiger partial charge in [-0.15, -0.1) is 0 Å². The van der Waals surface area contributed by atoms with Crippen LogP contribution in [0.4, 0.5) is 9.18 Å². The molecular weight excluding hydrogens is 1170 g/mol. The molecule has 1 fully saturated rings. The number of benzene rings is 1. The van der Waals surface area contributed by atoms with Crippen LogP contribution in [0.25, 0.3) is 22.3 Å². The number of amides is 10. The number of hydrogen-bond acceptors (Lipinski definition) is 19. The third-order valence-corrected chi connectivity index (χ3v) is 16.5. The minimum atomic E-state index is -2.10. The summed E-state index contributed by atoms with van der Waals surface area (Å²) in [7, 11) is 0. The maximum atomic E-state index is 15.5. The molecule has 0 saturated carbocycles. The lowest BCUT2D eigenvalue weighted by molar-refractivity contribution is -0.172. The highest BCUT2D eigenvalue weighted by Crippen LogP contribution is 2.46. The second-order valence-corrected chi connectivity index (χ2v) is 22.7. The van der Waals surface area contributed by atoms with Crippen molar-refractivity contribution < 1.29 is 91.8 Å².